The molecule has 1 atom stereocenters. The normalized spacial score (nSPS) is 20.3. The smallest absolute Gasteiger partial charge is 0.407 e. The third-order valence-corrected chi connectivity index (χ3v) is 5.59. The first-order valence-corrected chi connectivity index (χ1v) is 10.8. The number of fused-ring (bicyclic) bond motifs is 1. The molecule has 31 heavy (non-hydrogen) atoms. The number of alkyl carbamates (subject to hydrolysis) is 1. The predicted octanol–water partition coefficient (Wildman–Crippen LogP) is 3.72. The summed E-state index contributed by atoms with van der Waals surface area (Å²) in [7, 11) is 1.53. The maximum atomic E-state index is 12.0. The molecule has 3 rings (SSSR count). The number of amides is 1. The molecule has 0 aliphatic heterocycles. The van der Waals surface area contributed by atoms with Crippen molar-refractivity contribution in [2.24, 2.45) is 5.92 Å². The largest absolute Gasteiger partial charge is 0.506 e. The Morgan fingerprint density at radius 3 is 2.61 bits per heavy atom. The Morgan fingerprint density at radius 2 is 1.97 bits per heavy atom. The molecule has 170 valence electrons. The maximum Gasteiger partial charge on any atom is 0.407 e. The zero-order valence-corrected chi connectivity index (χ0v) is 18.7. The van der Waals surface area contributed by atoms with E-state index >= 15 is 0 Å². The standard InChI is InChI=1S/C23H33N3O5/c1-23(2,3)31-22(29)25-15-7-5-14(6-8-15)11-16(27)12-17-19(28)13-24-18-9-10-20(30-4)26-21(17)18/h9-10,13-16,27-28H,5-8,11-12H2,1-4H3,(H,25,29). The second-order valence-corrected chi connectivity index (χ2v) is 9.30. The zero-order valence-electron chi connectivity index (χ0n) is 18.7. The molecule has 8 heteroatoms. The third-order valence-electron chi connectivity index (χ3n) is 5.59. The van der Waals surface area contributed by atoms with Crippen LogP contribution in [-0.4, -0.2) is 51.1 Å². The number of rotatable bonds is 6. The van der Waals surface area contributed by atoms with Gasteiger partial charge in [-0.05, 0) is 64.9 Å². The fourth-order valence-corrected chi connectivity index (χ4v) is 4.13. The molecule has 1 aliphatic rings. The molecular weight excluding hydrogens is 398 g/mol. The first-order valence-electron chi connectivity index (χ1n) is 10.8. The van der Waals surface area contributed by atoms with Gasteiger partial charge in [-0.3, -0.25) is 4.98 Å². The van der Waals surface area contributed by atoms with E-state index in [9.17, 15) is 15.0 Å². The van der Waals surface area contributed by atoms with Crippen LogP contribution in [0.4, 0.5) is 4.79 Å². The van der Waals surface area contributed by atoms with Crippen molar-refractivity contribution < 1.29 is 24.5 Å². The van der Waals surface area contributed by atoms with Gasteiger partial charge in [-0.2, -0.15) is 0 Å². The molecule has 1 fully saturated rings. The molecule has 1 unspecified atom stereocenters. The Bertz CT molecular complexity index is 904. The lowest BCUT2D eigenvalue weighted by molar-refractivity contribution is 0.0479. The summed E-state index contributed by atoms with van der Waals surface area (Å²) in [5, 5.41) is 24.0. The van der Waals surface area contributed by atoms with Gasteiger partial charge in [-0.1, -0.05) is 0 Å². The van der Waals surface area contributed by atoms with Crippen LogP contribution in [0.15, 0.2) is 18.3 Å². The molecule has 0 bridgehead atoms. The number of hydrogen-bond donors (Lipinski definition) is 3. The summed E-state index contributed by atoms with van der Waals surface area (Å²) >= 11 is 0. The number of carbonyl (C=O) groups is 1. The predicted molar refractivity (Wildman–Crippen MR) is 117 cm³/mol. The van der Waals surface area contributed by atoms with Crippen LogP contribution in [0.2, 0.25) is 0 Å². The minimum Gasteiger partial charge on any atom is -0.506 e. The van der Waals surface area contributed by atoms with E-state index in [1.807, 2.05) is 20.8 Å². The fourth-order valence-electron chi connectivity index (χ4n) is 4.13. The number of aromatic nitrogens is 2. The molecule has 0 spiro atoms. The van der Waals surface area contributed by atoms with E-state index in [2.05, 4.69) is 15.3 Å². The number of nitrogens with one attached hydrogen (secondary N) is 1. The molecule has 3 N–H and O–H groups in total. The summed E-state index contributed by atoms with van der Waals surface area (Å²) in [5.74, 6) is 0.827. The summed E-state index contributed by atoms with van der Waals surface area (Å²) in [5.41, 5.74) is 1.27. The molecule has 2 heterocycles. The Kier molecular flexibility index (Phi) is 7.20. The molecular formula is C23H33N3O5. The van der Waals surface area contributed by atoms with Crippen molar-refractivity contribution in [3.05, 3.63) is 23.9 Å². The average molecular weight is 432 g/mol. The highest BCUT2D eigenvalue weighted by Gasteiger charge is 2.26. The van der Waals surface area contributed by atoms with Crippen molar-refractivity contribution in [3.63, 3.8) is 0 Å². The molecule has 2 aromatic rings. The zero-order chi connectivity index (χ0) is 22.6. The van der Waals surface area contributed by atoms with Crippen LogP contribution in [-0.2, 0) is 11.2 Å². The lowest BCUT2D eigenvalue weighted by Gasteiger charge is -2.31. The van der Waals surface area contributed by atoms with Crippen LogP contribution < -0.4 is 10.1 Å². The van der Waals surface area contributed by atoms with Gasteiger partial charge in [-0.25, -0.2) is 9.78 Å². The number of hydrogen-bond acceptors (Lipinski definition) is 7. The number of methoxy groups -OCH3 is 1. The van der Waals surface area contributed by atoms with Gasteiger partial charge in [0.2, 0.25) is 5.88 Å². The van der Waals surface area contributed by atoms with Crippen molar-refractivity contribution >= 4 is 17.1 Å². The number of pyridine rings is 2. The lowest BCUT2D eigenvalue weighted by Crippen LogP contribution is -2.41. The Labute approximate surface area is 183 Å². The first kappa shape index (κ1) is 23.1. The molecule has 2 aromatic heterocycles. The minimum absolute atomic E-state index is 0.0255. The van der Waals surface area contributed by atoms with Gasteiger partial charge >= 0.3 is 6.09 Å². The highest BCUT2D eigenvalue weighted by Crippen LogP contribution is 2.31. The number of carbonyl (C=O) groups excluding carboxylic acids is 1. The van der Waals surface area contributed by atoms with E-state index in [0.717, 1.165) is 25.7 Å². The lowest BCUT2D eigenvalue weighted by atomic mass is 9.82. The van der Waals surface area contributed by atoms with Crippen LogP contribution in [0.1, 0.15) is 58.4 Å². The van der Waals surface area contributed by atoms with Gasteiger partial charge in [0.1, 0.15) is 11.4 Å². The van der Waals surface area contributed by atoms with Crippen LogP contribution in [0.25, 0.3) is 11.0 Å². The number of aliphatic hydroxyl groups is 1. The van der Waals surface area contributed by atoms with Gasteiger partial charge in [-0.15, -0.1) is 0 Å². The van der Waals surface area contributed by atoms with E-state index in [1.54, 1.807) is 12.1 Å². The molecule has 1 amide bonds. The van der Waals surface area contributed by atoms with E-state index in [0.29, 0.717) is 41.2 Å². The van der Waals surface area contributed by atoms with Crippen molar-refractivity contribution in [1.82, 2.24) is 15.3 Å². The second kappa shape index (κ2) is 9.68. The molecule has 0 aromatic carbocycles. The van der Waals surface area contributed by atoms with Gasteiger partial charge in [0.25, 0.3) is 0 Å². The van der Waals surface area contributed by atoms with E-state index in [-0.39, 0.29) is 17.9 Å². The van der Waals surface area contributed by atoms with E-state index < -0.39 is 11.7 Å². The number of aromatic hydroxyl groups is 1. The Morgan fingerprint density at radius 1 is 1.26 bits per heavy atom. The topological polar surface area (TPSA) is 114 Å². The highest BCUT2D eigenvalue weighted by atomic mass is 16.6. The van der Waals surface area contributed by atoms with Crippen molar-refractivity contribution in [3.8, 4) is 11.6 Å². The molecule has 1 saturated carbocycles. The number of aliphatic hydroxyl groups excluding tert-OH is 1. The monoisotopic (exact) mass is 431 g/mol. The quantitative estimate of drug-likeness (QED) is 0.639. The second-order valence-electron chi connectivity index (χ2n) is 9.30. The van der Waals surface area contributed by atoms with E-state index in [1.165, 1.54) is 13.3 Å². The summed E-state index contributed by atoms with van der Waals surface area (Å²) in [6, 6.07) is 3.61. The van der Waals surface area contributed by atoms with Gasteiger partial charge < -0.3 is 25.0 Å². The van der Waals surface area contributed by atoms with Crippen molar-refractivity contribution in [2.75, 3.05) is 7.11 Å². The summed E-state index contributed by atoms with van der Waals surface area (Å²) in [6.07, 6.45) is 4.90. The van der Waals surface area contributed by atoms with Crippen LogP contribution in [0, 0.1) is 5.92 Å². The van der Waals surface area contributed by atoms with Gasteiger partial charge in [0.05, 0.1) is 30.4 Å². The summed E-state index contributed by atoms with van der Waals surface area (Å²) in [6.45, 7) is 5.54. The summed E-state index contributed by atoms with van der Waals surface area (Å²) < 4.78 is 10.5. The van der Waals surface area contributed by atoms with Crippen molar-refractivity contribution in [2.45, 2.75) is 77.0 Å². The third kappa shape index (κ3) is 6.43. The molecule has 0 saturated heterocycles. The van der Waals surface area contributed by atoms with Crippen LogP contribution >= 0.6 is 0 Å². The molecule has 8 nitrogen and oxygen atoms in total. The molecule has 0 radical (unpaired) electrons. The SMILES string of the molecule is COc1ccc2ncc(O)c(CC(O)CC3CCC(NC(=O)OC(C)(C)C)CC3)c2n1. The number of ether oxygens (including phenoxy) is 2. The minimum atomic E-state index is -0.607. The molecule has 1 aliphatic carbocycles. The van der Waals surface area contributed by atoms with Gasteiger partial charge in [0, 0.05) is 24.1 Å². The average Bonchev–Trinajstić information content (AvgIpc) is 2.70. The first-order chi connectivity index (χ1) is 14.6. The highest BCUT2D eigenvalue weighted by molar-refractivity contribution is 5.80. The van der Waals surface area contributed by atoms with E-state index in [4.69, 9.17) is 9.47 Å². The number of nitrogens with zero attached hydrogens (tertiary/aromatic N) is 2. The summed E-state index contributed by atoms with van der Waals surface area (Å²) in [4.78, 5) is 20.6. The fraction of sp³-hybridized carbons (Fsp3) is 0.609. The Hall–Kier alpha value is -2.61. The van der Waals surface area contributed by atoms with Crippen molar-refractivity contribution in [1.29, 1.82) is 0 Å². The maximum absolute atomic E-state index is 12.0. The van der Waals surface area contributed by atoms with Gasteiger partial charge in [0.15, 0.2) is 0 Å². The van der Waals surface area contributed by atoms with Crippen LogP contribution in [0.5, 0.6) is 11.6 Å². The Balaban J connectivity index is 1.55. The van der Waals surface area contributed by atoms with Crippen LogP contribution in [0.3, 0.4) is 0 Å².